The van der Waals surface area contributed by atoms with Crippen molar-refractivity contribution in [2.75, 3.05) is 19.2 Å². The Bertz CT molecular complexity index is 106. The lowest BCUT2D eigenvalue weighted by Crippen LogP contribution is -2.08. The lowest BCUT2D eigenvalue weighted by molar-refractivity contribution is -0.155. The quantitative estimate of drug-likeness (QED) is 0.287. The van der Waals surface area contributed by atoms with E-state index in [-0.39, 0.29) is 12.8 Å². The van der Waals surface area contributed by atoms with E-state index >= 15 is 0 Å². The van der Waals surface area contributed by atoms with Gasteiger partial charge in [0.15, 0.2) is 6.79 Å². The lowest BCUT2D eigenvalue weighted by atomic mass is 10.5. The minimum atomic E-state index is -0.254. The van der Waals surface area contributed by atoms with Crippen molar-refractivity contribution in [3.63, 3.8) is 0 Å². The van der Waals surface area contributed by atoms with Gasteiger partial charge in [-0.05, 0) is 6.42 Å². The van der Waals surface area contributed by atoms with E-state index in [1.165, 1.54) is 0 Å². The van der Waals surface area contributed by atoms with Gasteiger partial charge >= 0.3 is 5.97 Å². The Balaban J connectivity index is 3.04. The van der Waals surface area contributed by atoms with Crippen LogP contribution in [0.1, 0.15) is 19.8 Å². The van der Waals surface area contributed by atoms with Crippen LogP contribution < -0.4 is 0 Å². The highest BCUT2D eigenvalue weighted by molar-refractivity contribution is 7.80. The number of thiol groups is 1. The van der Waals surface area contributed by atoms with Crippen LogP contribution in [0.25, 0.3) is 0 Å². The summed E-state index contributed by atoms with van der Waals surface area (Å²) >= 11 is 3.88. The van der Waals surface area contributed by atoms with Gasteiger partial charge in [-0.1, -0.05) is 6.92 Å². The highest BCUT2D eigenvalue weighted by Crippen LogP contribution is 1.89. The highest BCUT2D eigenvalue weighted by atomic mass is 32.1. The fourth-order valence-corrected chi connectivity index (χ4v) is 0.657. The van der Waals surface area contributed by atoms with Gasteiger partial charge in [-0.3, -0.25) is 4.79 Å². The van der Waals surface area contributed by atoms with E-state index in [0.717, 1.165) is 6.42 Å². The largest absolute Gasteiger partial charge is 0.438 e. The molecule has 0 unspecified atom stereocenters. The fraction of sp³-hybridized carbons (Fsp3) is 0.857. The molecule has 0 heterocycles. The van der Waals surface area contributed by atoms with Crippen molar-refractivity contribution < 1.29 is 14.3 Å². The van der Waals surface area contributed by atoms with E-state index in [1.807, 2.05) is 6.92 Å². The average molecular weight is 178 g/mol. The van der Waals surface area contributed by atoms with Crippen LogP contribution in [-0.2, 0) is 14.3 Å². The van der Waals surface area contributed by atoms with Crippen molar-refractivity contribution in [2.45, 2.75) is 19.8 Å². The highest BCUT2D eigenvalue weighted by Gasteiger charge is 1.98. The molecule has 0 fully saturated rings. The molecule has 0 amide bonds. The van der Waals surface area contributed by atoms with E-state index in [4.69, 9.17) is 4.74 Å². The van der Waals surface area contributed by atoms with Gasteiger partial charge in [-0.15, -0.1) is 0 Å². The summed E-state index contributed by atoms with van der Waals surface area (Å²) in [5.41, 5.74) is 0. The molecule has 0 radical (unpaired) electrons. The Morgan fingerprint density at radius 1 is 1.55 bits per heavy atom. The second kappa shape index (κ2) is 7.88. The first kappa shape index (κ1) is 10.8. The first-order valence-electron chi connectivity index (χ1n) is 3.65. The summed E-state index contributed by atoms with van der Waals surface area (Å²) in [5.74, 6) is 0.267. The first-order chi connectivity index (χ1) is 5.31. The van der Waals surface area contributed by atoms with Gasteiger partial charge in [0, 0.05) is 5.75 Å². The molecule has 11 heavy (non-hydrogen) atoms. The number of carbonyl (C=O) groups excluding carboxylic acids is 1. The number of rotatable bonds is 6. The van der Waals surface area contributed by atoms with Crippen LogP contribution in [0.2, 0.25) is 0 Å². The molecular formula is C7H14O3S. The second-order valence-corrected chi connectivity index (χ2v) is 2.46. The van der Waals surface area contributed by atoms with E-state index in [1.54, 1.807) is 0 Å². The van der Waals surface area contributed by atoms with Crippen LogP contribution in [-0.4, -0.2) is 25.1 Å². The molecule has 0 spiro atoms. The van der Waals surface area contributed by atoms with Crippen molar-refractivity contribution in [2.24, 2.45) is 0 Å². The molecule has 0 saturated heterocycles. The smallest absolute Gasteiger partial charge is 0.308 e. The predicted molar refractivity (Wildman–Crippen MR) is 45.7 cm³/mol. The molecule has 66 valence electrons. The van der Waals surface area contributed by atoms with Crippen LogP contribution in [0.5, 0.6) is 0 Å². The maximum Gasteiger partial charge on any atom is 0.308 e. The number of hydrogen-bond acceptors (Lipinski definition) is 4. The summed E-state index contributed by atoms with van der Waals surface area (Å²) in [6.45, 7) is 2.70. The fourth-order valence-electron chi connectivity index (χ4n) is 0.474. The number of esters is 1. The number of carbonyl (C=O) groups is 1. The zero-order valence-corrected chi connectivity index (χ0v) is 7.60. The van der Waals surface area contributed by atoms with Crippen molar-refractivity contribution in [1.29, 1.82) is 0 Å². The van der Waals surface area contributed by atoms with Gasteiger partial charge in [-0.2, -0.15) is 12.6 Å². The molecule has 0 aromatic rings. The molecule has 0 rings (SSSR count). The Kier molecular flexibility index (Phi) is 7.72. The Morgan fingerprint density at radius 3 is 2.82 bits per heavy atom. The standard InChI is InChI=1S/C7H14O3S/c1-2-4-9-6-10-7(8)3-5-11/h11H,2-6H2,1H3. The van der Waals surface area contributed by atoms with Crippen molar-refractivity contribution in [3.05, 3.63) is 0 Å². The van der Waals surface area contributed by atoms with E-state index < -0.39 is 0 Å². The van der Waals surface area contributed by atoms with Gasteiger partial charge in [0.05, 0.1) is 13.0 Å². The van der Waals surface area contributed by atoms with Gasteiger partial charge in [0.1, 0.15) is 0 Å². The normalized spacial score (nSPS) is 9.64. The molecule has 0 bridgehead atoms. The summed E-state index contributed by atoms with van der Waals surface area (Å²) < 4.78 is 9.61. The van der Waals surface area contributed by atoms with Gasteiger partial charge in [0.2, 0.25) is 0 Å². The Hall–Kier alpha value is -0.220. The maximum absolute atomic E-state index is 10.7. The van der Waals surface area contributed by atoms with Crippen LogP contribution in [0.3, 0.4) is 0 Å². The number of ether oxygens (including phenoxy) is 2. The van der Waals surface area contributed by atoms with Crippen LogP contribution in [0.4, 0.5) is 0 Å². The van der Waals surface area contributed by atoms with Crippen molar-refractivity contribution in [3.8, 4) is 0 Å². The molecule has 0 aliphatic carbocycles. The molecule has 0 N–H and O–H groups in total. The van der Waals surface area contributed by atoms with Crippen LogP contribution in [0.15, 0.2) is 0 Å². The molecule has 0 aliphatic heterocycles. The summed E-state index contributed by atoms with van der Waals surface area (Å²) in [7, 11) is 0. The molecule has 3 nitrogen and oxygen atoms in total. The summed E-state index contributed by atoms with van der Waals surface area (Å²) in [6, 6.07) is 0. The zero-order chi connectivity index (χ0) is 8.53. The van der Waals surface area contributed by atoms with E-state index in [0.29, 0.717) is 18.8 Å². The first-order valence-corrected chi connectivity index (χ1v) is 4.28. The van der Waals surface area contributed by atoms with Crippen molar-refractivity contribution >= 4 is 18.6 Å². The molecule has 0 aromatic carbocycles. The average Bonchev–Trinajstić information content (AvgIpc) is 1.99. The Labute approximate surface area is 72.5 Å². The third-order valence-electron chi connectivity index (χ3n) is 0.968. The van der Waals surface area contributed by atoms with E-state index in [2.05, 4.69) is 17.4 Å². The third kappa shape index (κ3) is 7.68. The maximum atomic E-state index is 10.7. The SMILES string of the molecule is CCCOCOC(=O)CCS. The lowest BCUT2D eigenvalue weighted by Gasteiger charge is -2.03. The molecule has 0 aliphatic rings. The topological polar surface area (TPSA) is 35.5 Å². The monoisotopic (exact) mass is 178 g/mol. The van der Waals surface area contributed by atoms with Crippen LogP contribution in [0, 0.1) is 0 Å². The third-order valence-corrected chi connectivity index (χ3v) is 1.19. The summed E-state index contributed by atoms with van der Waals surface area (Å²) in [4.78, 5) is 10.7. The van der Waals surface area contributed by atoms with Gasteiger partial charge < -0.3 is 9.47 Å². The van der Waals surface area contributed by atoms with Gasteiger partial charge in [-0.25, -0.2) is 0 Å². The zero-order valence-electron chi connectivity index (χ0n) is 6.71. The summed E-state index contributed by atoms with van der Waals surface area (Å²) in [5, 5.41) is 0. The van der Waals surface area contributed by atoms with Crippen molar-refractivity contribution in [1.82, 2.24) is 0 Å². The Morgan fingerprint density at radius 2 is 2.27 bits per heavy atom. The molecule has 0 atom stereocenters. The predicted octanol–water partition coefficient (Wildman–Crippen LogP) is 1.23. The number of hydrogen-bond donors (Lipinski definition) is 1. The summed E-state index contributed by atoms with van der Waals surface area (Å²) in [6.07, 6.45) is 1.28. The minimum Gasteiger partial charge on any atom is -0.438 e. The molecular weight excluding hydrogens is 164 g/mol. The van der Waals surface area contributed by atoms with E-state index in [9.17, 15) is 4.79 Å². The molecule has 0 saturated carbocycles. The molecule has 4 heteroatoms. The van der Waals surface area contributed by atoms with Gasteiger partial charge in [0.25, 0.3) is 0 Å². The van der Waals surface area contributed by atoms with Crippen LogP contribution >= 0.6 is 12.6 Å². The minimum absolute atomic E-state index is 0.0699. The second-order valence-electron chi connectivity index (χ2n) is 2.02. The molecule has 0 aromatic heterocycles.